The summed E-state index contributed by atoms with van der Waals surface area (Å²) in [5, 5.41) is 0. The van der Waals surface area contributed by atoms with Gasteiger partial charge in [0, 0.05) is 18.7 Å². The zero-order valence-corrected chi connectivity index (χ0v) is 12.9. The smallest absolute Gasteiger partial charge is 0.148 e. The number of nitrogens with one attached hydrogen (secondary N) is 1. The van der Waals surface area contributed by atoms with Crippen LogP contribution in [-0.4, -0.2) is 23.1 Å². The Morgan fingerprint density at radius 3 is 2.60 bits per heavy atom. The first-order chi connectivity index (χ1) is 9.67. The lowest BCUT2D eigenvalue weighted by Crippen LogP contribution is -2.36. The second-order valence-electron chi connectivity index (χ2n) is 5.94. The van der Waals surface area contributed by atoms with Crippen LogP contribution in [-0.2, 0) is 6.42 Å². The fourth-order valence-electron chi connectivity index (χ4n) is 3.11. The quantitative estimate of drug-likeness (QED) is 0.640. The van der Waals surface area contributed by atoms with Crippen molar-refractivity contribution in [3.05, 3.63) is 11.9 Å². The lowest BCUT2D eigenvalue weighted by Gasteiger charge is -2.35. The van der Waals surface area contributed by atoms with Gasteiger partial charge >= 0.3 is 0 Å². The predicted molar refractivity (Wildman–Crippen MR) is 83.7 cm³/mol. The minimum Gasteiger partial charge on any atom is -0.356 e. The van der Waals surface area contributed by atoms with E-state index in [4.69, 9.17) is 5.84 Å². The summed E-state index contributed by atoms with van der Waals surface area (Å²) in [5.41, 5.74) is 3.85. The van der Waals surface area contributed by atoms with Crippen molar-refractivity contribution >= 4 is 11.6 Å². The summed E-state index contributed by atoms with van der Waals surface area (Å²) in [7, 11) is 2.16. The van der Waals surface area contributed by atoms with E-state index in [1.165, 1.54) is 25.7 Å². The van der Waals surface area contributed by atoms with Gasteiger partial charge in [-0.1, -0.05) is 20.3 Å². The maximum absolute atomic E-state index is 5.59. The molecule has 1 aliphatic rings. The third kappa shape index (κ3) is 3.20. The van der Waals surface area contributed by atoms with E-state index in [1.54, 1.807) is 6.33 Å². The molecule has 0 bridgehead atoms. The van der Waals surface area contributed by atoms with Crippen LogP contribution in [0.4, 0.5) is 11.6 Å². The Morgan fingerprint density at radius 1 is 1.30 bits per heavy atom. The predicted octanol–water partition coefficient (Wildman–Crippen LogP) is 2.73. The van der Waals surface area contributed by atoms with Crippen molar-refractivity contribution in [2.24, 2.45) is 11.8 Å². The van der Waals surface area contributed by atoms with Gasteiger partial charge in [-0.3, -0.25) is 0 Å². The number of nitrogens with two attached hydrogens (primary N) is 1. The van der Waals surface area contributed by atoms with Gasteiger partial charge in [0.1, 0.15) is 18.0 Å². The number of anilines is 2. The molecule has 1 heterocycles. The normalized spacial score (nSPS) is 22.6. The topological polar surface area (TPSA) is 67.1 Å². The Morgan fingerprint density at radius 2 is 2.00 bits per heavy atom. The van der Waals surface area contributed by atoms with Gasteiger partial charge in [0.25, 0.3) is 0 Å². The molecule has 1 aliphatic carbocycles. The minimum absolute atomic E-state index is 0.585. The number of hydrazine groups is 1. The lowest BCUT2D eigenvalue weighted by atomic mass is 9.86. The maximum Gasteiger partial charge on any atom is 0.148 e. The van der Waals surface area contributed by atoms with Crippen molar-refractivity contribution in [3.8, 4) is 0 Å². The first-order valence-corrected chi connectivity index (χ1v) is 7.70. The molecule has 0 amide bonds. The van der Waals surface area contributed by atoms with Gasteiger partial charge in [0.15, 0.2) is 0 Å². The standard InChI is InChI=1S/C15H27N5/c1-4-5-13-14(19-16)17-10-18-15(13)20(3)12-8-6-11(2)7-9-12/h10-12H,4-9,16H2,1-3H3,(H,17,18,19). The van der Waals surface area contributed by atoms with E-state index in [0.29, 0.717) is 6.04 Å². The molecule has 2 rings (SSSR count). The molecule has 1 fully saturated rings. The largest absolute Gasteiger partial charge is 0.356 e. The monoisotopic (exact) mass is 277 g/mol. The molecule has 112 valence electrons. The third-order valence-corrected chi connectivity index (χ3v) is 4.43. The first-order valence-electron chi connectivity index (χ1n) is 7.70. The minimum atomic E-state index is 0.585. The van der Waals surface area contributed by atoms with Crippen molar-refractivity contribution in [2.45, 2.75) is 58.4 Å². The number of hydrogen-bond acceptors (Lipinski definition) is 5. The van der Waals surface area contributed by atoms with Crippen LogP contribution in [0.25, 0.3) is 0 Å². The fraction of sp³-hybridized carbons (Fsp3) is 0.733. The average Bonchev–Trinajstić information content (AvgIpc) is 2.48. The number of hydrogen-bond donors (Lipinski definition) is 2. The molecule has 0 spiro atoms. The highest BCUT2D eigenvalue weighted by molar-refractivity contribution is 5.58. The molecule has 0 unspecified atom stereocenters. The van der Waals surface area contributed by atoms with Gasteiger partial charge in [0.05, 0.1) is 0 Å². The summed E-state index contributed by atoms with van der Waals surface area (Å²) in [4.78, 5) is 11.1. The van der Waals surface area contributed by atoms with Crippen molar-refractivity contribution in [1.82, 2.24) is 9.97 Å². The highest BCUT2D eigenvalue weighted by Gasteiger charge is 2.24. The summed E-state index contributed by atoms with van der Waals surface area (Å²) >= 11 is 0. The van der Waals surface area contributed by atoms with E-state index in [2.05, 4.69) is 41.2 Å². The number of nitrogens with zero attached hydrogens (tertiary/aromatic N) is 3. The van der Waals surface area contributed by atoms with Gasteiger partial charge in [0.2, 0.25) is 0 Å². The van der Waals surface area contributed by atoms with Gasteiger partial charge in [-0.05, 0) is 38.0 Å². The highest BCUT2D eigenvalue weighted by atomic mass is 15.3. The van der Waals surface area contributed by atoms with Crippen molar-refractivity contribution < 1.29 is 0 Å². The van der Waals surface area contributed by atoms with Crippen molar-refractivity contribution in [3.63, 3.8) is 0 Å². The van der Waals surface area contributed by atoms with Crippen LogP contribution >= 0.6 is 0 Å². The van der Waals surface area contributed by atoms with Crippen LogP contribution in [0.15, 0.2) is 6.33 Å². The maximum atomic E-state index is 5.59. The first kappa shape index (κ1) is 15.0. The summed E-state index contributed by atoms with van der Waals surface area (Å²) in [5.74, 6) is 8.24. The van der Waals surface area contributed by atoms with Gasteiger partial charge < -0.3 is 10.3 Å². The molecule has 3 N–H and O–H groups in total. The van der Waals surface area contributed by atoms with Crippen LogP contribution in [0, 0.1) is 5.92 Å². The molecule has 0 radical (unpaired) electrons. The van der Waals surface area contributed by atoms with E-state index in [0.717, 1.165) is 36.0 Å². The summed E-state index contributed by atoms with van der Waals surface area (Å²) in [6, 6.07) is 0.585. The molecule has 0 aromatic carbocycles. The van der Waals surface area contributed by atoms with Gasteiger partial charge in [-0.25, -0.2) is 15.8 Å². The van der Waals surface area contributed by atoms with E-state index in [9.17, 15) is 0 Å². The Bertz CT molecular complexity index is 426. The highest BCUT2D eigenvalue weighted by Crippen LogP contribution is 2.31. The SMILES string of the molecule is CCCc1c(NN)ncnc1N(C)C1CCC(C)CC1. The molecular formula is C15H27N5. The molecule has 0 aliphatic heterocycles. The third-order valence-electron chi connectivity index (χ3n) is 4.43. The van der Waals surface area contributed by atoms with Gasteiger partial charge in [-0.15, -0.1) is 0 Å². The Kier molecular flexibility index (Phi) is 5.17. The summed E-state index contributed by atoms with van der Waals surface area (Å²) in [6.45, 7) is 4.51. The second kappa shape index (κ2) is 6.88. The zero-order valence-electron chi connectivity index (χ0n) is 12.9. The molecule has 1 aromatic heterocycles. The number of aromatic nitrogens is 2. The van der Waals surface area contributed by atoms with Gasteiger partial charge in [-0.2, -0.15) is 0 Å². The van der Waals surface area contributed by atoms with Crippen LogP contribution in [0.1, 0.15) is 51.5 Å². The second-order valence-corrected chi connectivity index (χ2v) is 5.94. The number of nitrogen functional groups attached to an aromatic ring is 1. The lowest BCUT2D eigenvalue weighted by molar-refractivity contribution is 0.339. The Labute approximate surface area is 121 Å². The number of rotatable bonds is 5. The van der Waals surface area contributed by atoms with Crippen molar-refractivity contribution in [2.75, 3.05) is 17.4 Å². The van der Waals surface area contributed by atoms with Crippen LogP contribution < -0.4 is 16.2 Å². The average molecular weight is 277 g/mol. The van der Waals surface area contributed by atoms with Crippen LogP contribution in [0.5, 0.6) is 0 Å². The van der Waals surface area contributed by atoms with E-state index < -0.39 is 0 Å². The molecular weight excluding hydrogens is 250 g/mol. The molecule has 1 aromatic rings. The molecule has 20 heavy (non-hydrogen) atoms. The fourth-order valence-corrected chi connectivity index (χ4v) is 3.11. The molecule has 5 nitrogen and oxygen atoms in total. The van der Waals surface area contributed by atoms with Crippen LogP contribution in [0.3, 0.4) is 0 Å². The molecule has 0 atom stereocenters. The van der Waals surface area contributed by atoms with E-state index in [1.807, 2.05) is 0 Å². The molecule has 1 saturated carbocycles. The van der Waals surface area contributed by atoms with E-state index >= 15 is 0 Å². The van der Waals surface area contributed by atoms with E-state index in [-0.39, 0.29) is 0 Å². The summed E-state index contributed by atoms with van der Waals surface area (Å²) in [6.07, 6.45) is 8.73. The Balaban J connectivity index is 2.22. The molecule has 0 saturated heterocycles. The molecule has 5 heteroatoms. The van der Waals surface area contributed by atoms with Crippen molar-refractivity contribution in [1.29, 1.82) is 0 Å². The summed E-state index contributed by atoms with van der Waals surface area (Å²) < 4.78 is 0. The van der Waals surface area contributed by atoms with Crippen LogP contribution in [0.2, 0.25) is 0 Å². The Hall–Kier alpha value is -1.36. The zero-order chi connectivity index (χ0) is 14.5.